The molecule has 4 heteroatoms. The van der Waals surface area contributed by atoms with Gasteiger partial charge in [-0.15, -0.1) is 0 Å². The average molecular weight is 260 g/mol. The third-order valence-electron chi connectivity index (χ3n) is 3.09. The summed E-state index contributed by atoms with van der Waals surface area (Å²) in [5.41, 5.74) is 1.27. The van der Waals surface area contributed by atoms with Crippen LogP contribution in [-0.2, 0) is 6.61 Å². The third-order valence-corrected chi connectivity index (χ3v) is 3.09. The fourth-order valence-corrected chi connectivity index (χ4v) is 2.04. The molecule has 0 fully saturated rings. The van der Waals surface area contributed by atoms with Crippen molar-refractivity contribution in [1.82, 2.24) is 0 Å². The van der Waals surface area contributed by atoms with E-state index in [0.717, 1.165) is 5.56 Å². The zero-order valence-corrected chi connectivity index (χ0v) is 10.2. The molecule has 0 aliphatic carbocycles. The Morgan fingerprint density at radius 1 is 1.26 bits per heavy atom. The first-order chi connectivity index (χ1) is 9.24. The lowest BCUT2D eigenvalue weighted by Crippen LogP contribution is -1.98. The van der Waals surface area contributed by atoms with Gasteiger partial charge in [-0.3, -0.25) is 0 Å². The minimum absolute atomic E-state index is 0.161. The van der Waals surface area contributed by atoms with E-state index in [0.29, 0.717) is 17.1 Å². The van der Waals surface area contributed by atoms with E-state index in [1.54, 1.807) is 36.4 Å². The molecule has 0 saturated heterocycles. The largest absolute Gasteiger partial charge is 0.490 e. The molecule has 2 aromatic carbocycles. The Bertz CT molecular complexity index is 598. The van der Waals surface area contributed by atoms with Crippen molar-refractivity contribution in [3.63, 3.8) is 0 Å². The Kier molecular flexibility index (Phi) is 3.09. The van der Waals surface area contributed by atoms with Gasteiger partial charge < -0.3 is 14.6 Å². The van der Waals surface area contributed by atoms with Gasteiger partial charge >= 0.3 is 0 Å². The second-order valence-corrected chi connectivity index (χ2v) is 4.41. The van der Waals surface area contributed by atoms with Gasteiger partial charge in [-0.05, 0) is 18.2 Å². The van der Waals surface area contributed by atoms with Crippen molar-refractivity contribution in [2.45, 2.75) is 12.7 Å². The molecule has 0 bridgehead atoms. The van der Waals surface area contributed by atoms with Gasteiger partial charge in [0.2, 0.25) is 0 Å². The lowest BCUT2D eigenvalue weighted by atomic mass is 10.1. The van der Waals surface area contributed by atoms with E-state index in [1.807, 2.05) is 0 Å². The van der Waals surface area contributed by atoms with Crippen LogP contribution in [0.1, 0.15) is 17.2 Å². The number of benzene rings is 2. The molecule has 1 unspecified atom stereocenters. The molecule has 2 aromatic rings. The van der Waals surface area contributed by atoms with Crippen molar-refractivity contribution in [1.29, 1.82) is 0 Å². The Balaban J connectivity index is 1.73. The van der Waals surface area contributed by atoms with E-state index < -0.39 is 6.10 Å². The summed E-state index contributed by atoms with van der Waals surface area (Å²) < 4.78 is 24.3. The fourth-order valence-electron chi connectivity index (χ4n) is 2.04. The molecule has 0 amide bonds. The summed E-state index contributed by atoms with van der Waals surface area (Å²) in [5.74, 6) is 0.935. The van der Waals surface area contributed by atoms with Gasteiger partial charge in [0.1, 0.15) is 36.6 Å². The summed E-state index contributed by atoms with van der Waals surface area (Å²) in [4.78, 5) is 0. The van der Waals surface area contributed by atoms with Gasteiger partial charge in [-0.25, -0.2) is 4.39 Å². The maximum atomic E-state index is 13.4. The van der Waals surface area contributed by atoms with Crippen LogP contribution in [0.25, 0.3) is 0 Å². The first-order valence-electron chi connectivity index (χ1n) is 6.05. The zero-order valence-electron chi connectivity index (χ0n) is 10.2. The lowest BCUT2D eigenvalue weighted by Gasteiger charge is -2.08. The van der Waals surface area contributed by atoms with E-state index in [4.69, 9.17) is 9.47 Å². The molecule has 1 N–H and O–H groups in total. The van der Waals surface area contributed by atoms with Crippen LogP contribution in [0.3, 0.4) is 0 Å². The summed E-state index contributed by atoms with van der Waals surface area (Å²) in [6.45, 7) is 0.431. The maximum Gasteiger partial charge on any atom is 0.129 e. The van der Waals surface area contributed by atoms with Crippen molar-refractivity contribution in [3.8, 4) is 11.5 Å². The Morgan fingerprint density at radius 2 is 2.11 bits per heavy atom. The van der Waals surface area contributed by atoms with Crippen molar-refractivity contribution in [2.75, 3.05) is 6.61 Å². The fraction of sp³-hybridized carbons (Fsp3) is 0.200. The number of aliphatic hydroxyl groups excluding tert-OH is 1. The van der Waals surface area contributed by atoms with E-state index in [2.05, 4.69) is 0 Å². The standard InChI is InChI=1S/C15H13FO3/c16-13-4-2-1-3-10(13)8-18-11-5-6-12-14(17)9-19-15(12)7-11/h1-7,14,17H,8-9H2. The second kappa shape index (κ2) is 4.90. The Morgan fingerprint density at radius 3 is 2.95 bits per heavy atom. The zero-order chi connectivity index (χ0) is 13.2. The van der Waals surface area contributed by atoms with Gasteiger partial charge in [0.15, 0.2) is 0 Å². The number of aliphatic hydroxyl groups is 1. The summed E-state index contributed by atoms with van der Waals surface area (Å²) in [6.07, 6.45) is -0.574. The molecule has 1 heterocycles. The highest BCUT2D eigenvalue weighted by atomic mass is 19.1. The molecular formula is C15H13FO3. The minimum Gasteiger partial charge on any atom is -0.490 e. The molecular weight excluding hydrogens is 247 g/mol. The highest BCUT2D eigenvalue weighted by Gasteiger charge is 2.22. The highest BCUT2D eigenvalue weighted by molar-refractivity contribution is 5.44. The van der Waals surface area contributed by atoms with Crippen LogP contribution in [0.4, 0.5) is 4.39 Å². The van der Waals surface area contributed by atoms with Gasteiger partial charge in [0, 0.05) is 17.2 Å². The van der Waals surface area contributed by atoms with Crippen molar-refractivity contribution < 1.29 is 19.0 Å². The first kappa shape index (κ1) is 12.0. The molecule has 0 saturated carbocycles. The summed E-state index contributed by atoms with van der Waals surface area (Å²) in [6, 6.07) is 11.7. The summed E-state index contributed by atoms with van der Waals surface area (Å²) in [5, 5.41) is 9.60. The number of hydrogen-bond acceptors (Lipinski definition) is 3. The quantitative estimate of drug-likeness (QED) is 0.922. The molecule has 0 radical (unpaired) electrons. The SMILES string of the molecule is OC1COc2cc(OCc3ccccc3F)ccc21. The van der Waals surface area contributed by atoms with Crippen LogP contribution in [0.5, 0.6) is 11.5 Å². The molecule has 3 nitrogen and oxygen atoms in total. The Hall–Kier alpha value is -2.07. The predicted octanol–water partition coefficient (Wildman–Crippen LogP) is 2.83. The second-order valence-electron chi connectivity index (χ2n) is 4.41. The molecule has 98 valence electrons. The number of fused-ring (bicyclic) bond motifs is 1. The number of ether oxygens (including phenoxy) is 2. The van der Waals surface area contributed by atoms with E-state index in [9.17, 15) is 9.50 Å². The van der Waals surface area contributed by atoms with Gasteiger partial charge in [-0.1, -0.05) is 18.2 Å². The lowest BCUT2D eigenvalue weighted by molar-refractivity contribution is 0.140. The summed E-state index contributed by atoms with van der Waals surface area (Å²) >= 11 is 0. The molecule has 0 spiro atoms. The van der Waals surface area contributed by atoms with Gasteiger partial charge in [-0.2, -0.15) is 0 Å². The highest BCUT2D eigenvalue weighted by Crippen LogP contribution is 2.35. The number of hydrogen-bond donors (Lipinski definition) is 1. The smallest absolute Gasteiger partial charge is 0.129 e. The number of halogens is 1. The van der Waals surface area contributed by atoms with Crippen molar-refractivity contribution in [3.05, 3.63) is 59.4 Å². The van der Waals surface area contributed by atoms with Crippen LogP contribution in [0.2, 0.25) is 0 Å². The predicted molar refractivity (Wildman–Crippen MR) is 67.6 cm³/mol. The van der Waals surface area contributed by atoms with Crippen molar-refractivity contribution in [2.24, 2.45) is 0 Å². The molecule has 3 rings (SSSR count). The first-order valence-corrected chi connectivity index (χ1v) is 6.05. The molecule has 1 atom stereocenters. The van der Waals surface area contributed by atoms with E-state index in [-0.39, 0.29) is 19.0 Å². The monoisotopic (exact) mass is 260 g/mol. The van der Waals surface area contributed by atoms with Crippen LogP contribution in [0, 0.1) is 5.82 Å². The maximum absolute atomic E-state index is 13.4. The van der Waals surface area contributed by atoms with Gasteiger partial charge in [0.05, 0.1) is 0 Å². The van der Waals surface area contributed by atoms with Crippen molar-refractivity contribution >= 4 is 0 Å². The van der Waals surface area contributed by atoms with Gasteiger partial charge in [0.25, 0.3) is 0 Å². The molecule has 1 aliphatic heterocycles. The van der Waals surface area contributed by atoms with Crippen LogP contribution >= 0.6 is 0 Å². The number of rotatable bonds is 3. The van der Waals surface area contributed by atoms with E-state index in [1.165, 1.54) is 6.07 Å². The molecule has 0 aromatic heterocycles. The van der Waals surface area contributed by atoms with E-state index >= 15 is 0 Å². The molecule has 1 aliphatic rings. The normalized spacial score (nSPS) is 16.8. The minimum atomic E-state index is -0.574. The Labute approximate surface area is 110 Å². The van der Waals surface area contributed by atoms with Crippen LogP contribution in [0.15, 0.2) is 42.5 Å². The topological polar surface area (TPSA) is 38.7 Å². The molecule has 19 heavy (non-hydrogen) atoms. The van der Waals surface area contributed by atoms with Crippen LogP contribution < -0.4 is 9.47 Å². The summed E-state index contributed by atoms with van der Waals surface area (Å²) in [7, 11) is 0. The average Bonchev–Trinajstić information content (AvgIpc) is 2.79. The third kappa shape index (κ3) is 2.39. The van der Waals surface area contributed by atoms with Crippen LogP contribution in [-0.4, -0.2) is 11.7 Å².